The Morgan fingerprint density at radius 1 is 0.900 bits per heavy atom. The number of aryl methyl sites for hydroxylation is 1. The Balaban J connectivity index is 1.44. The highest BCUT2D eigenvalue weighted by molar-refractivity contribution is 7.92. The van der Waals surface area contributed by atoms with Gasteiger partial charge in [0.2, 0.25) is 0 Å². The normalized spacial score (nSPS) is 11.4. The van der Waals surface area contributed by atoms with E-state index in [0.717, 1.165) is 15.4 Å². The Morgan fingerprint density at radius 2 is 1.57 bits per heavy atom. The number of nitrogens with zero attached hydrogens (tertiary/aromatic N) is 2. The lowest BCUT2D eigenvalue weighted by molar-refractivity contribution is -0.119. The van der Waals surface area contributed by atoms with Crippen LogP contribution < -0.4 is 14.5 Å². The predicted octanol–water partition coefficient (Wildman–Crippen LogP) is 6.53. The molecule has 0 radical (unpaired) electrons. The van der Waals surface area contributed by atoms with Crippen molar-refractivity contribution in [2.24, 2.45) is 5.10 Å². The number of hydrogen-bond acceptors (Lipinski definition) is 5. The lowest BCUT2D eigenvalue weighted by atomic mass is 10.2. The number of benzene rings is 4. The van der Waals surface area contributed by atoms with Crippen LogP contribution in [0.4, 0.5) is 5.69 Å². The van der Waals surface area contributed by atoms with Crippen LogP contribution in [0.25, 0.3) is 0 Å². The van der Waals surface area contributed by atoms with E-state index in [0.29, 0.717) is 39.2 Å². The van der Waals surface area contributed by atoms with Gasteiger partial charge >= 0.3 is 0 Å². The Kier molecular flexibility index (Phi) is 9.47. The molecule has 4 aromatic carbocycles. The number of hydrazone groups is 1. The Morgan fingerprint density at radius 3 is 2.27 bits per heavy atom. The van der Waals surface area contributed by atoms with Gasteiger partial charge in [-0.15, -0.1) is 0 Å². The zero-order chi connectivity index (χ0) is 28.7. The molecular formula is C30H27Cl2N3O4S. The fraction of sp³-hybridized carbons (Fsp3) is 0.133. The molecule has 10 heteroatoms. The molecule has 0 saturated heterocycles. The summed E-state index contributed by atoms with van der Waals surface area (Å²) in [6.45, 7) is 3.40. The first-order valence-corrected chi connectivity index (χ1v) is 14.5. The van der Waals surface area contributed by atoms with Crippen LogP contribution in [0.1, 0.15) is 22.3 Å². The average molecular weight is 597 g/mol. The lowest BCUT2D eigenvalue weighted by Crippen LogP contribution is -2.40. The number of anilines is 1. The third kappa shape index (κ3) is 7.21. The van der Waals surface area contributed by atoms with Crippen molar-refractivity contribution >= 4 is 51.0 Å². The van der Waals surface area contributed by atoms with E-state index in [1.165, 1.54) is 18.3 Å². The minimum Gasteiger partial charge on any atom is -0.489 e. The number of amides is 1. The zero-order valence-corrected chi connectivity index (χ0v) is 24.2. The fourth-order valence-corrected chi connectivity index (χ4v) is 5.61. The third-order valence-electron chi connectivity index (χ3n) is 6.04. The summed E-state index contributed by atoms with van der Waals surface area (Å²) in [6, 6.07) is 25.9. The van der Waals surface area contributed by atoms with E-state index < -0.39 is 22.5 Å². The average Bonchev–Trinajstić information content (AvgIpc) is 2.94. The summed E-state index contributed by atoms with van der Waals surface area (Å²) in [6.07, 6.45) is 1.46. The van der Waals surface area contributed by atoms with Gasteiger partial charge in [0.05, 0.1) is 16.8 Å². The molecule has 0 atom stereocenters. The van der Waals surface area contributed by atoms with Crippen molar-refractivity contribution in [3.8, 4) is 5.75 Å². The summed E-state index contributed by atoms with van der Waals surface area (Å²) in [7, 11) is -4.08. The van der Waals surface area contributed by atoms with Crippen LogP contribution in [0.2, 0.25) is 10.0 Å². The van der Waals surface area contributed by atoms with E-state index in [2.05, 4.69) is 10.5 Å². The van der Waals surface area contributed by atoms with Gasteiger partial charge in [-0.2, -0.15) is 5.10 Å². The molecule has 0 bridgehead atoms. The summed E-state index contributed by atoms with van der Waals surface area (Å²) in [5, 5.41) is 5.02. The first kappa shape index (κ1) is 29.1. The van der Waals surface area contributed by atoms with E-state index in [1.807, 2.05) is 25.1 Å². The SMILES string of the molecule is Cc1ccc(S(=O)(=O)N(CC(=O)N/N=C\c2ccc(OCc3ccccc3Cl)cc2)c2cccc(Cl)c2C)cc1. The maximum absolute atomic E-state index is 13.6. The van der Waals surface area contributed by atoms with Crippen molar-refractivity contribution < 1.29 is 17.9 Å². The highest BCUT2D eigenvalue weighted by atomic mass is 35.5. The molecule has 7 nitrogen and oxygen atoms in total. The first-order chi connectivity index (χ1) is 19.1. The molecule has 0 heterocycles. The van der Waals surface area contributed by atoms with Crippen molar-refractivity contribution in [1.29, 1.82) is 0 Å². The second kappa shape index (κ2) is 13.0. The van der Waals surface area contributed by atoms with Crippen molar-refractivity contribution in [3.05, 3.63) is 123 Å². The van der Waals surface area contributed by atoms with Crippen LogP contribution in [-0.2, 0) is 21.4 Å². The molecule has 0 aliphatic carbocycles. The molecule has 0 aromatic heterocycles. The first-order valence-electron chi connectivity index (χ1n) is 12.3. The van der Waals surface area contributed by atoms with E-state index in [-0.39, 0.29) is 4.90 Å². The Bertz CT molecular complexity index is 1620. The van der Waals surface area contributed by atoms with Crippen LogP contribution in [0.3, 0.4) is 0 Å². The number of rotatable bonds is 10. The zero-order valence-electron chi connectivity index (χ0n) is 21.8. The number of carbonyl (C=O) groups excluding carboxylic acids is 1. The molecule has 1 N–H and O–H groups in total. The highest BCUT2D eigenvalue weighted by Gasteiger charge is 2.28. The van der Waals surface area contributed by atoms with Crippen molar-refractivity contribution in [1.82, 2.24) is 5.43 Å². The van der Waals surface area contributed by atoms with Crippen molar-refractivity contribution in [2.75, 3.05) is 10.8 Å². The molecule has 40 heavy (non-hydrogen) atoms. The maximum atomic E-state index is 13.6. The molecule has 0 fully saturated rings. The molecule has 0 saturated carbocycles. The number of nitrogens with one attached hydrogen (secondary N) is 1. The van der Waals surface area contributed by atoms with Crippen molar-refractivity contribution in [3.63, 3.8) is 0 Å². The number of halogens is 2. The van der Waals surface area contributed by atoms with Gasteiger partial charge in [0.1, 0.15) is 18.9 Å². The van der Waals surface area contributed by atoms with Gasteiger partial charge in [-0.1, -0.05) is 65.2 Å². The second-order valence-corrected chi connectivity index (χ2v) is 11.6. The van der Waals surface area contributed by atoms with Gasteiger partial charge in [0, 0.05) is 15.6 Å². The fourth-order valence-electron chi connectivity index (χ4n) is 3.77. The maximum Gasteiger partial charge on any atom is 0.264 e. The van der Waals surface area contributed by atoms with E-state index >= 15 is 0 Å². The number of hydrogen-bond donors (Lipinski definition) is 1. The summed E-state index contributed by atoms with van der Waals surface area (Å²) in [4.78, 5) is 12.9. The van der Waals surface area contributed by atoms with Crippen LogP contribution in [0.15, 0.2) is 101 Å². The highest BCUT2D eigenvalue weighted by Crippen LogP contribution is 2.31. The summed E-state index contributed by atoms with van der Waals surface area (Å²) >= 11 is 12.4. The molecule has 1 amide bonds. The van der Waals surface area contributed by atoms with Crippen LogP contribution in [0.5, 0.6) is 5.75 Å². The van der Waals surface area contributed by atoms with Gasteiger partial charge in [0.25, 0.3) is 15.9 Å². The standard InChI is InChI=1S/C30H27Cl2N3O4S/c1-21-10-16-26(17-11-21)40(37,38)35(29-9-5-8-27(31)22(29)2)19-30(36)34-33-18-23-12-14-25(15-13-23)39-20-24-6-3-4-7-28(24)32/h3-18H,19-20H2,1-2H3,(H,34,36)/b33-18-. The van der Waals surface area contributed by atoms with Gasteiger partial charge in [-0.3, -0.25) is 9.10 Å². The summed E-state index contributed by atoms with van der Waals surface area (Å²) < 4.78 is 34.0. The monoisotopic (exact) mass is 595 g/mol. The molecule has 0 aliphatic rings. The Hall–Kier alpha value is -3.85. The van der Waals surface area contributed by atoms with Crippen LogP contribution >= 0.6 is 23.2 Å². The predicted molar refractivity (Wildman–Crippen MR) is 160 cm³/mol. The molecule has 0 unspecified atom stereocenters. The molecule has 0 spiro atoms. The van der Waals surface area contributed by atoms with Gasteiger partial charge in [-0.25, -0.2) is 13.8 Å². The lowest BCUT2D eigenvalue weighted by Gasteiger charge is -2.25. The van der Waals surface area contributed by atoms with E-state index in [9.17, 15) is 13.2 Å². The largest absolute Gasteiger partial charge is 0.489 e. The molecule has 0 aliphatic heterocycles. The summed E-state index contributed by atoms with van der Waals surface area (Å²) in [5.74, 6) is 0.0287. The van der Waals surface area contributed by atoms with Gasteiger partial charge in [-0.05, 0) is 79.6 Å². The van der Waals surface area contributed by atoms with Crippen LogP contribution in [-0.4, -0.2) is 27.1 Å². The number of carbonyl (C=O) groups is 1. The summed E-state index contributed by atoms with van der Waals surface area (Å²) in [5.41, 5.74) is 5.75. The Labute approximate surface area is 244 Å². The molecule has 206 valence electrons. The third-order valence-corrected chi connectivity index (χ3v) is 8.59. The number of ether oxygens (including phenoxy) is 1. The molecule has 4 rings (SSSR count). The topological polar surface area (TPSA) is 88.1 Å². The van der Waals surface area contributed by atoms with Crippen molar-refractivity contribution in [2.45, 2.75) is 25.3 Å². The van der Waals surface area contributed by atoms with E-state index in [4.69, 9.17) is 27.9 Å². The smallest absolute Gasteiger partial charge is 0.264 e. The van der Waals surface area contributed by atoms with Gasteiger partial charge in [0.15, 0.2) is 0 Å². The van der Waals surface area contributed by atoms with Crippen LogP contribution in [0, 0.1) is 13.8 Å². The quantitative estimate of drug-likeness (QED) is 0.167. The second-order valence-electron chi connectivity index (χ2n) is 8.95. The minimum absolute atomic E-state index is 0.0608. The van der Waals surface area contributed by atoms with E-state index in [1.54, 1.807) is 67.6 Å². The molecular weight excluding hydrogens is 569 g/mol. The number of sulfonamides is 1. The minimum atomic E-state index is -4.08. The van der Waals surface area contributed by atoms with Gasteiger partial charge < -0.3 is 4.74 Å². The molecule has 4 aromatic rings.